The van der Waals surface area contributed by atoms with Crippen LogP contribution in [-0.2, 0) is 18.9 Å². The standard InChI is InChI=1S/C35H60O10/c1-18(20(3)16-36)8-9-19(2)26-27(39)28(40)31-34(26,5)13-11-25-33(4)12-10-21(14-22(33)23(37)15-35(25,31)41)45-32-30(43-7)29(42-6)24(38)17-44-32/h14,18-21,23-32,36-41H,8-13,15-17H2,1-7H3/t18-,19+,20+,21-,23+,24+,25+,26-,27+,28-,29+,30-,31-,32-,33-,34+,35-/m0/s1. The van der Waals surface area contributed by atoms with E-state index < -0.39 is 65.3 Å². The van der Waals surface area contributed by atoms with Crippen molar-refractivity contribution < 1.29 is 49.6 Å². The van der Waals surface area contributed by atoms with Gasteiger partial charge in [-0.1, -0.05) is 53.5 Å². The molecule has 45 heavy (non-hydrogen) atoms. The molecular formula is C35H60O10. The van der Waals surface area contributed by atoms with Crippen molar-refractivity contribution in [2.75, 3.05) is 27.4 Å². The second-order valence-corrected chi connectivity index (χ2v) is 15.9. The van der Waals surface area contributed by atoms with E-state index in [1.165, 1.54) is 14.2 Å². The maximum absolute atomic E-state index is 12.7. The molecule has 17 atom stereocenters. The van der Waals surface area contributed by atoms with Crippen molar-refractivity contribution in [2.24, 2.45) is 46.3 Å². The van der Waals surface area contributed by atoms with Crippen molar-refractivity contribution in [3.05, 3.63) is 11.6 Å². The largest absolute Gasteiger partial charge is 0.396 e. The van der Waals surface area contributed by atoms with Gasteiger partial charge in [-0.15, -0.1) is 0 Å². The van der Waals surface area contributed by atoms with E-state index in [9.17, 15) is 30.6 Å². The van der Waals surface area contributed by atoms with Crippen molar-refractivity contribution in [1.82, 2.24) is 0 Å². The van der Waals surface area contributed by atoms with Crippen LogP contribution in [0.1, 0.15) is 79.6 Å². The van der Waals surface area contributed by atoms with E-state index in [0.717, 1.165) is 31.3 Å². The van der Waals surface area contributed by atoms with Crippen LogP contribution >= 0.6 is 0 Å². The van der Waals surface area contributed by atoms with Gasteiger partial charge in [0.25, 0.3) is 0 Å². The summed E-state index contributed by atoms with van der Waals surface area (Å²) < 4.78 is 23.2. The quantitative estimate of drug-likeness (QED) is 0.196. The molecular weight excluding hydrogens is 580 g/mol. The molecule has 6 N–H and O–H groups in total. The van der Waals surface area contributed by atoms with E-state index in [1.54, 1.807) is 0 Å². The van der Waals surface area contributed by atoms with Gasteiger partial charge in [-0.25, -0.2) is 0 Å². The smallest absolute Gasteiger partial charge is 0.187 e. The molecule has 3 saturated carbocycles. The summed E-state index contributed by atoms with van der Waals surface area (Å²) in [5, 5.41) is 67.5. The highest BCUT2D eigenvalue weighted by Gasteiger charge is 2.72. The van der Waals surface area contributed by atoms with Crippen LogP contribution in [0.4, 0.5) is 0 Å². The minimum atomic E-state index is -1.34. The Morgan fingerprint density at radius 1 is 0.933 bits per heavy atom. The minimum absolute atomic E-state index is 0.0660. The number of hydrogen-bond acceptors (Lipinski definition) is 10. The van der Waals surface area contributed by atoms with Gasteiger partial charge in [-0.2, -0.15) is 0 Å². The van der Waals surface area contributed by atoms with Crippen molar-refractivity contribution in [3.63, 3.8) is 0 Å². The third kappa shape index (κ3) is 5.87. The zero-order valence-electron chi connectivity index (χ0n) is 28.3. The Bertz CT molecular complexity index is 1060. The summed E-state index contributed by atoms with van der Waals surface area (Å²) in [6.07, 6.45) is 0.645. The van der Waals surface area contributed by atoms with Crippen LogP contribution in [0.15, 0.2) is 11.6 Å². The molecule has 0 radical (unpaired) electrons. The van der Waals surface area contributed by atoms with Crippen molar-refractivity contribution >= 4 is 0 Å². The van der Waals surface area contributed by atoms with E-state index in [0.29, 0.717) is 18.8 Å². The lowest BCUT2D eigenvalue weighted by molar-refractivity contribution is -0.289. The Balaban J connectivity index is 1.36. The molecule has 1 heterocycles. The van der Waals surface area contributed by atoms with Gasteiger partial charge in [-0.3, -0.25) is 0 Å². The molecule has 4 aliphatic carbocycles. The fraction of sp³-hybridized carbons (Fsp3) is 0.943. The first-order valence-corrected chi connectivity index (χ1v) is 17.3. The number of ether oxygens (including phenoxy) is 4. The molecule has 0 amide bonds. The minimum Gasteiger partial charge on any atom is -0.396 e. The summed E-state index contributed by atoms with van der Waals surface area (Å²) in [5.41, 5.74) is -1.47. The van der Waals surface area contributed by atoms with E-state index in [-0.39, 0.29) is 49.4 Å². The SMILES string of the molecule is CO[C@@H]1[C@H](O[C@@H]2C=C3[C@H](O)C[C@@]4(O)[C@H]5[C@@H](O)[C@H](O)[C@H]([C@H](C)CC[C@H](C)[C@H](C)CO)[C@@]5(C)CC[C@@H]4[C@@]3(C)CC2)OC[C@@H](O)[C@H]1OC. The topological polar surface area (TPSA) is 158 Å². The molecule has 0 aromatic carbocycles. The van der Waals surface area contributed by atoms with Gasteiger partial charge in [0.1, 0.15) is 18.3 Å². The molecule has 1 saturated heterocycles. The highest BCUT2D eigenvalue weighted by molar-refractivity contribution is 5.33. The van der Waals surface area contributed by atoms with Gasteiger partial charge < -0.3 is 49.6 Å². The molecule has 10 nitrogen and oxygen atoms in total. The van der Waals surface area contributed by atoms with Gasteiger partial charge in [0.15, 0.2) is 6.29 Å². The predicted molar refractivity (Wildman–Crippen MR) is 167 cm³/mol. The first-order valence-electron chi connectivity index (χ1n) is 17.3. The highest BCUT2D eigenvalue weighted by Crippen LogP contribution is 2.69. The molecule has 0 aromatic heterocycles. The molecule has 0 bridgehead atoms. The molecule has 0 spiro atoms. The molecule has 0 unspecified atom stereocenters. The lowest BCUT2D eigenvalue weighted by Crippen LogP contribution is -2.66. The van der Waals surface area contributed by atoms with Crippen LogP contribution in [0.3, 0.4) is 0 Å². The average Bonchev–Trinajstić information content (AvgIpc) is 3.21. The highest BCUT2D eigenvalue weighted by atomic mass is 16.7. The van der Waals surface area contributed by atoms with Crippen LogP contribution in [0, 0.1) is 46.3 Å². The third-order valence-corrected chi connectivity index (χ3v) is 13.5. The summed E-state index contributed by atoms with van der Waals surface area (Å²) in [4.78, 5) is 0. The van der Waals surface area contributed by atoms with Crippen LogP contribution < -0.4 is 0 Å². The fourth-order valence-electron chi connectivity index (χ4n) is 10.8. The molecule has 260 valence electrons. The van der Waals surface area contributed by atoms with Crippen LogP contribution in [0.2, 0.25) is 0 Å². The Labute approximate surface area is 269 Å². The summed E-state index contributed by atoms with van der Waals surface area (Å²) in [6.45, 7) is 10.8. The Hall–Kier alpha value is -0.660. The number of aliphatic hydroxyl groups excluding tert-OH is 5. The lowest BCUT2D eigenvalue weighted by Gasteiger charge is -2.64. The normalized spacial score (nSPS) is 50.2. The van der Waals surface area contributed by atoms with Gasteiger partial charge in [0, 0.05) is 33.2 Å². The van der Waals surface area contributed by atoms with E-state index in [2.05, 4.69) is 34.6 Å². The Morgan fingerprint density at radius 2 is 1.62 bits per heavy atom. The van der Waals surface area contributed by atoms with Crippen LogP contribution in [-0.4, -0.2) is 113 Å². The van der Waals surface area contributed by atoms with Crippen LogP contribution in [0.5, 0.6) is 0 Å². The Morgan fingerprint density at radius 3 is 2.27 bits per heavy atom. The van der Waals surface area contributed by atoms with Gasteiger partial charge >= 0.3 is 0 Å². The summed E-state index contributed by atoms with van der Waals surface area (Å²) in [5.74, 6) is -0.246. The van der Waals surface area contributed by atoms with Gasteiger partial charge in [-0.05, 0) is 71.7 Å². The van der Waals surface area contributed by atoms with Crippen molar-refractivity contribution in [3.8, 4) is 0 Å². The van der Waals surface area contributed by atoms with E-state index in [4.69, 9.17) is 18.9 Å². The second kappa shape index (κ2) is 13.3. The fourth-order valence-corrected chi connectivity index (χ4v) is 10.8. The number of rotatable bonds is 10. The van der Waals surface area contributed by atoms with Crippen molar-refractivity contribution in [2.45, 2.75) is 134 Å². The molecule has 5 aliphatic rings. The zero-order valence-corrected chi connectivity index (χ0v) is 28.3. The lowest BCUT2D eigenvalue weighted by atomic mass is 9.43. The Kier molecular flexibility index (Phi) is 10.6. The number of fused-ring (bicyclic) bond motifs is 5. The van der Waals surface area contributed by atoms with Crippen molar-refractivity contribution in [1.29, 1.82) is 0 Å². The number of aliphatic hydroxyl groups is 6. The second-order valence-electron chi connectivity index (χ2n) is 15.9. The number of methoxy groups -OCH3 is 2. The summed E-state index contributed by atoms with van der Waals surface area (Å²) in [7, 11) is 3.06. The third-order valence-electron chi connectivity index (χ3n) is 13.5. The summed E-state index contributed by atoms with van der Waals surface area (Å²) >= 11 is 0. The molecule has 5 rings (SSSR count). The summed E-state index contributed by atoms with van der Waals surface area (Å²) in [6, 6.07) is 0. The number of hydrogen-bond donors (Lipinski definition) is 6. The van der Waals surface area contributed by atoms with E-state index >= 15 is 0 Å². The predicted octanol–water partition coefficient (Wildman–Crippen LogP) is 2.41. The first-order chi connectivity index (χ1) is 21.2. The van der Waals surface area contributed by atoms with Crippen LogP contribution in [0.25, 0.3) is 0 Å². The van der Waals surface area contributed by atoms with E-state index in [1.807, 2.05) is 6.08 Å². The monoisotopic (exact) mass is 640 g/mol. The molecule has 10 heteroatoms. The van der Waals surface area contributed by atoms with Gasteiger partial charge in [0.05, 0.1) is 36.6 Å². The average molecular weight is 641 g/mol. The molecule has 1 aliphatic heterocycles. The van der Waals surface area contributed by atoms with Gasteiger partial charge in [0.2, 0.25) is 0 Å². The molecule has 4 fully saturated rings. The first kappa shape index (κ1) is 35.6. The molecule has 0 aromatic rings. The maximum Gasteiger partial charge on any atom is 0.187 e. The zero-order chi connectivity index (χ0) is 33.1. The maximum atomic E-state index is 12.7.